The van der Waals surface area contributed by atoms with Crippen LogP contribution in [0.1, 0.15) is 36.2 Å². The predicted octanol–water partition coefficient (Wildman–Crippen LogP) is 1.23. The molecule has 0 atom stereocenters. The molecular formula is C14H24N4O. The minimum atomic E-state index is 0.196. The predicted molar refractivity (Wildman–Crippen MR) is 74.9 cm³/mol. The van der Waals surface area contributed by atoms with Crippen molar-refractivity contribution in [3.05, 3.63) is 17.0 Å². The molecule has 5 heteroatoms. The van der Waals surface area contributed by atoms with E-state index in [2.05, 4.69) is 10.4 Å². The zero-order valence-electron chi connectivity index (χ0n) is 12.2. The summed E-state index contributed by atoms with van der Waals surface area (Å²) in [5, 5.41) is 7.64. The van der Waals surface area contributed by atoms with Crippen LogP contribution < -0.4 is 5.32 Å². The number of rotatable bonds is 4. The minimum Gasteiger partial charge on any atom is -0.341 e. The van der Waals surface area contributed by atoms with Gasteiger partial charge in [-0.05, 0) is 40.2 Å². The molecule has 1 aromatic rings. The van der Waals surface area contributed by atoms with E-state index in [0.29, 0.717) is 6.54 Å². The van der Waals surface area contributed by atoms with Crippen LogP contribution in [0.2, 0.25) is 0 Å². The monoisotopic (exact) mass is 264 g/mol. The van der Waals surface area contributed by atoms with Crippen LogP contribution in [0, 0.1) is 13.8 Å². The van der Waals surface area contributed by atoms with E-state index in [9.17, 15) is 4.79 Å². The molecule has 0 bridgehead atoms. The van der Waals surface area contributed by atoms with Crippen molar-refractivity contribution in [1.82, 2.24) is 20.0 Å². The van der Waals surface area contributed by atoms with Gasteiger partial charge < -0.3 is 10.2 Å². The first-order valence-electron chi connectivity index (χ1n) is 7.08. The number of carbonyl (C=O) groups excluding carboxylic acids is 1. The molecular weight excluding hydrogens is 240 g/mol. The first kappa shape index (κ1) is 14.1. The molecule has 1 aliphatic rings. The van der Waals surface area contributed by atoms with Crippen molar-refractivity contribution in [2.24, 2.45) is 0 Å². The molecule has 0 radical (unpaired) electrons. The van der Waals surface area contributed by atoms with Crippen LogP contribution in [0.25, 0.3) is 0 Å². The van der Waals surface area contributed by atoms with Crippen molar-refractivity contribution < 1.29 is 4.79 Å². The van der Waals surface area contributed by atoms with E-state index < -0.39 is 0 Å². The molecule has 0 aromatic carbocycles. The first-order chi connectivity index (χ1) is 9.13. The first-order valence-corrected chi connectivity index (χ1v) is 7.08. The third-order valence-corrected chi connectivity index (χ3v) is 3.88. The second-order valence-electron chi connectivity index (χ2n) is 5.28. The van der Waals surface area contributed by atoms with Crippen LogP contribution in [0.4, 0.5) is 0 Å². The molecule has 1 aliphatic heterocycles. The van der Waals surface area contributed by atoms with Gasteiger partial charge in [-0.15, -0.1) is 0 Å². The SMILES string of the molecule is CNCc1c(C)nn(CC(=O)N2CCCCC2)c1C. The second-order valence-corrected chi connectivity index (χ2v) is 5.28. The number of piperidine rings is 1. The zero-order valence-corrected chi connectivity index (χ0v) is 12.2. The van der Waals surface area contributed by atoms with E-state index in [-0.39, 0.29) is 5.91 Å². The highest BCUT2D eigenvalue weighted by atomic mass is 16.2. The van der Waals surface area contributed by atoms with E-state index in [4.69, 9.17) is 0 Å². The van der Waals surface area contributed by atoms with E-state index in [1.807, 2.05) is 30.5 Å². The molecule has 2 heterocycles. The van der Waals surface area contributed by atoms with Crippen LogP contribution in [-0.2, 0) is 17.9 Å². The Morgan fingerprint density at radius 2 is 1.95 bits per heavy atom. The smallest absolute Gasteiger partial charge is 0.244 e. The minimum absolute atomic E-state index is 0.196. The summed E-state index contributed by atoms with van der Waals surface area (Å²) in [5.41, 5.74) is 3.31. The van der Waals surface area contributed by atoms with Gasteiger partial charge in [0.05, 0.1) is 5.69 Å². The molecule has 0 saturated carbocycles. The summed E-state index contributed by atoms with van der Waals surface area (Å²) in [6.45, 7) is 7.02. The Morgan fingerprint density at radius 1 is 1.26 bits per heavy atom. The van der Waals surface area contributed by atoms with Crippen molar-refractivity contribution in [2.45, 2.75) is 46.2 Å². The summed E-state index contributed by atoms with van der Waals surface area (Å²) in [5.74, 6) is 0.196. The average molecular weight is 264 g/mol. The van der Waals surface area contributed by atoms with Gasteiger partial charge in [0, 0.05) is 30.9 Å². The van der Waals surface area contributed by atoms with Gasteiger partial charge in [0.1, 0.15) is 6.54 Å². The number of amides is 1. The number of likely N-dealkylation sites (tertiary alicyclic amines) is 1. The fraction of sp³-hybridized carbons (Fsp3) is 0.714. The highest BCUT2D eigenvalue weighted by Gasteiger charge is 2.19. The molecule has 106 valence electrons. The molecule has 1 aromatic heterocycles. The van der Waals surface area contributed by atoms with Crippen molar-refractivity contribution in [3.8, 4) is 0 Å². The van der Waals surface area contributed by atoms with E-state index in [1.54, 1.807) is 0 Å². The number of carbonyl (C=O) groups is 1. The number of aryl methyl sites for hydroxylation is 1. The van der Waals surface area contributed by atoms with Gasteiger partial charge in [0.2, 0.25) is 5.91 Å². The van der Waals surface area contributed by atoms with Crippen LogP contribution in [0.5, 0.6) is 0 Å². The van der Waals surface area contributed by atoms with E-state index in [1.165, 1.54) is 12.0 Å². The summed E-state index contributed by atoms with van der Waals surface area (Å²) >= 11 is 0. The Morgan fingerprint density at radius 3 is 2.58 bits per heavy atom. The summed E-state index contributed by atoms with van der Waals surface area (Å²) in [6, 6.07) is 0. The third kappa shape index (κ3) is 3.15. The van der Waals surface area contributed by atoms with Crippen LogP contribution in [-0.4, -0.2) is 40.7 Å². The lowest BCUT2D eigenvalue weighted by Crippen LogP contribution is -2.38. The molecule has 0 aliphatic carbocycles. The maximum Gasteiger partial charge on any atom is 0.244 e. The van der Waals surface area contributed by atoms with Gasteiger partial charge >= 0.3 is 0 Å². The second kappa shape index (κ2) is 6.19. The molecule has 1 fully saturated rings. The topological polar surface area (TPSA) is 50.2 Å². The Kier molecular flexibility index (Phi) is 4.58. The standard InChI is InChI=1S/C14H24N4O/c1-11-13(9-15-3)12(2)18(16-11)10-14(19)17-7-5-4-6-8-17/h15H,4-10H2,1-3H3. The maximum atomic E-state index is 12.2. The molecule has 19 heavy (non-hydrogen) atoms. The summed E-state index contributed by atoms with van der Waals surface area (Å²) < 4.78 is 1.85. The van der Waals surface area contributed by atoms with Gasteiger partial charge in [-0.2, -0.15) is 5.10 Å². The summed E-state index contributed by atoms with van der Waals surface area (Å²) in [7, 11) is 1.93. The highest BCUT2D eigenvalue weighted by molar-refractivity contribution is 5.76. The van der Waals surface area contributed by atoms with Crippen LogP contribution in [0.15, 0.2) is 0 Å². The highest BCUT2D eigenvalue weighted by Crippen LogP contribution is 2.14. The molecule has 1 amide bonds. The van der Waals surface area contributed by atoms with Crippen molar-refractivity contribution >= 4 is 5.91 Å². The number of hydrogen-bond donors (Lipinski definition) is 1. The van der Waals surface area contributed by atoms with Crippen LogP contribution >= 0.6 is 0 Å². The molecule has 2 rings (SSSR count). The third-order valence-electron chi connectivity index (χ3n) is 3.88. The Labute approximate surface area is 115 Å². The fourth-order valence-electron chi connectivity index (χ4n) is 2.69. The number of hydrogen-bond acceptors (Lipinski definition) is 3. The van der Waals surface area contributed by atoms with Gasteiger partial charge in [0.25, 0.3) is 0 Å². The van der Waals surface area contributed by atoms with Gasteiger partial charge in [0.15, 0.2) is 0 Å². The quantitative estimate of drug-likeness (QED) is 0.890. The Balaban J connectivity index is 2.06. The van der Waals surface area contributed by atoms with E-state index in [0.717, 1.165) is 43.9 Å². The Bertz CT molecular complexity index is 447. The molecule has 0 unspecified atom stereocenters. The molecule has 1 N–H and O–H groups in total. The number of nitrogens with zero attached hydrogens (tertiary/aromatic N) is 3. The molecule has 5 nitrogen and oxygen atoms in total. The lowest BCUT2D eigenvalue weighted by Gasteiger charge is -2.26. The summed E-state index contributed by atoms with van der Waals surface area (Å²) in [4.78, 5) is 14.2. The zero-order chi connectivity index (χ0) is 13.8. The van der Waals surface area contributed by atoms with Crippen molar-refractivity contribution in [1.29, 1.82) is 0 Å². The number of aromatic nitrogens is 2. The lowest BCUT2D eigenvalue weighted by atomic mass is 10.1. The average Bonchev–Trinajstić information content (AvgIpc) is 2.68. The molecule has 0 spiro atoms. The van der Waals surface area contributed by atoms with Crippen LogP contribution in [0.3, 0.4) is 0 Å². The van der Waals surface area contributed by atoms with Gasteiger partial charge in [-0.25, -0.2) is 0 Å². The van der Waals surface area contributed by atoms with Crippen molar-refractivity contribution in [2.75, 3.05) is 20.1 Å². The number of nitrogens with one attached hydrogen (secondary N) is 1. The maximum absolute atomic E-state index is 12.2. The Hall–Kier alpha value is -1.36. The molecule has 1 saturated heterocycles. The normalized spacial score (nSPS) is 15.8. The van der Waals surface area contributed by atoms with Gasteiger partial charge in [-0.1, -0.05) is 0 Å². The lowest BCUT2D eigenvalue weighted by molar-refractivity contribution is -0.132. The largest absolute Gasteiger partial charge is 0.341 e. The fourth-order valence-corrected chi connectivity index (χ4v) is 2.69. The van der Waals surface area contributed by atoms with Gasteiger partial charge in [-0.3, -0.25) is 9.48 Å². The summed E-state index contributed by atoms with van der Waals surface area (Å²) in [6.07, 6.45) is 3.51. The van der Waals surface area contributed by atoms with E-state index >= 15 is 0 Å². The van der Waals surface area contributed by atoms with Crippen molar-refractivity contribution in [3.63, 3.8) is 0 Å².